The summed E-state index contributed by atoms with van der Waals surface area (Å²) in [5, 5.41) is 0. The Morgan fingerprint density at radius 2 is 1.81 bits per heavy atom. The number of imidazole rings is 1. The van der Waals surface area contributed by atoms with E-state index in [-0.39, 0.29) is 34.8 Å². The highest BCUT2D eigenvalue weighted by Gasteiger charge is 2.23. The molecule has 0 amide bonds. The van der Waals surface area contributed by atoms with E-state index in [1.165, 1.54) is 24.4 Å². The number of ketones is 1. The number of carbonyl (C=O) groups is 1. The normalized spacial score (nSPS) is 11.7. The van der Waals surface area contributed by atoms with Gasteiger partial charge in [-0.05, 0) is 53.4 Å². The number of rotatable bonds is 6. The van der Waals surface area contributed by atoms with Crippen LogP contribution in [0.2, 0.25) is 0 Å². The van der Waals surface area contributed by atoms with Gasteiger partial charge in [0.1, 0.15) is 17.3 Å². The van der Waals surface area contributed by atoms with E-state index >= 15 is 0 Å². The first-order chi connectivity index (χ1) is 15.2. The van der Waals surface area contributed by atoms with Crippen molar-refractivity contribution in [1.82, 2.24) is 14.5 Å². The number of carbonyl (C=O) groups excluding carboxylic acids is 1. The molecule has 0 aliphatic rings. The molecule has 0 aliphatic heterocycles. The first-order valence-corrected chi connectivity index (χ1v) is 10.2. The molecule has 0 saturated heterocycles. The Labute approximate surface area is 184 Å². The summed E-state index contributed by atoms with van der Waals surface area (Å²) < 4.78 is 35.2. The molecule has 0 spiro atoms. The van der Waals surface area contributed by atoms with Gasteiger partial charge in [0.15, 0.2) is 11.5 Å². The lowest BCUT2D eigenvalue weighted by atomic mass is 9.96. The number of nitrogens with zero attached hydrogens (tertiary/aromatic N) is 3. The van der Waals surface area contributed by atoms with Crippen LogP contribution in [0, 0.1) is 17.0 Å². The molecule has 7 heteroatoms. The first-order valence-electron chi connectivity index (χ1n) is 10.2. The zero-order chi connectivity index (χ0) is 22.9. The van der Waals surface area contributed by atoms with Gasteiger partial charge in [-0.3, -0.25) is 9.78 Å². The number of hydrogen-bond donors (Lipinski definition) is 0. The van der Waals surface area contributed by atoms with Crippen LogP contribution in [0.25, 0.3) is 22.7 Å². The molecule has 3 aromatic heterocycles. The van der Waals surface area contributed by atoms with Crippen LogP contribution in [0.5, 0.6) is 0 Å². The van der Waals surface area contributed by atoms with Crippen LogP contribution in [0.1, 0.15) is 36.9 Å². The zero-order valence-electron chi connectivity index (χ0n) is 18.1. The van der Waals surface area contributed by atoms with Gasteiger partial charge in [-0.2, -0.15) is 0 Å². The van der Waals surface area contributed by atoms with E-state index in [4.69, 9.17) is 4.42 Å². The van der Waals surface area contributed by atoms with Gasteiger partial charge in [-0.1, -0.05) is 20.8 Å². The molecule has 0 saturated carbocycles. The van der Waals surface area contributed by atoms with E-state index in [9.17, 15) is 13.6 Å². The van der Waals surface area contributed by atoms with E-state index in [0.717, 1.165) is 11.8 Å². The molecular weight excluding hydrogens is 412 g/mol. The van der Waals surface area contributed by atoms with Crippen LogP contribution in [0.4, 0.5) is 8.78 Å². The van der Waals surface area contributed by atoms with Crippen molar-refractivity contribution in [2.75, 3.05) is 0 Å². The summed E-state index contributed by atoms with van der Waals surface area (Å²) >= 11 is 0. The third kappa shape index (κ3) is 4.66. The van der Waals surface area contributed by atoms with Gasteiger partial charge in [0.05, 0.1) is 18.2 Å². The average Bonchev–Trinajstić information content (AvgIpc) is 3.36. The van der Waals surface area contributed by atoms with Crippen molar-refractivity contribution < 1.29 is 18.0 Å². The molecule has 0 bridgehead atoms. The van der Waals surface area contributed by atoms with Crippen molar-refractivity contribution in [3.05, 3.63) is 84.1 Å². The van der Waals surface area contributed by atoms with E-state index in [1.54, 1.807) is 30.6 Å². The predicted molar refractivity (Wildman–Crippen MR) is 117 cm³/mol. The highest BCUT2D eigenvalue weighted by molar-refractivity contribution is 5.95. The highest BCUT2D eigenvalue weighted by atomic mass is 19.1. The second-order valence-corrected chi connectivity index (χ2v) is 8.87. The summed E-state index contributed by atoms with van der Waals surface area (Å²) in [6, 6.07) is 10.8. The molecule has 5 nitrogen and oxygen atoms in total. The molecule has 32 heavy (non-hydrogen) atoms. The summed E-state index contributed by atoms with van der Waals surface area (Å²) in [5.41, 5.74) is 2.27. The number of halogens is 2. The van der Waals surface area contributed by atoms with Gasteiger partial charge in [0, 0.05) is 24.7 Å². The van der Waals surface area contributed by atoms with Crippen LogP contribution in [0.15, 0.2) is 65.6 Å². The van der Waals surface area contributed by atoms with Gasteiger partial charge >= 0.3 is 0 Å². The minimum absolute atomic E-state index is 0.0420. The predicted octanol–water partition coefficient (Wildman–Crippen LogP) is 5.95. The van der Waals surface area contributed by atoms with E-state index < -0.39 is 5.82 Å². The van der Waals surface area contributed by atoms with Crippen molar-refractivity contribution >= 4 is 5.78 Å². The maximum atomic E-state index is 13.9. The summed E-state index contributed by atoms with van der Waals surface area (Å²) in [6.07, 6.45) is 4.11. The SMILES string of the molecule is CC(C)(C)Cn1cnc(-c2ccc(F)cc2)c1-c1ccc(C(=O)Cc2ccncc2F)o1. The average molecular weight is 435 g/mol. The molecule has 0 radical (unpaired) electrons. The molecule has 4 rings (SSSR count). The fourth-order valence-corrected chi connectivity index (χ4v) is 3.51. The minimum atomic E-state index is -0.533. The van der Waals surface area contributed by atoms with Crippen LogP contribution < -0.4 is 0 Å². The Kier molecular flexibility index (Phi) is 5.74. The monoisotopic (exact) mass is 435 g/mol. The molecule has 3 heterocycles. The molecule has 0 aliphatic carbocycles. The number of pyridine rings is 1. The maximum Gasteiger partial charge on any atom is 0.202 e. The Hall–Kier alpha value is -3.61. The number of hydrogen-bond acceptors (Lipinski definition) is 4. The largest absolute Gasteiger partial charge is 0.451 e. The molecule has 0 unspecified atom stereocenters. The van der Waals surface area contributed by atoms with Crippen LogP contribution in [-0.4, -0.2) is 20.3 Å². The summed E-state index contributed by atoms with van der Waals surface area (Å²) in [4.78, 5) is 21.0. The van der Waals surface area contributed by atoms with Crippen LogP contribution in [0.3, 0.4) is 0 Å². The van der Waals surface area contributed by atoms with Crippen LogP contribution in [-0.2, 0) is 13.0 Å². The lowest BCUT2D eigenvalue weighted by Gasteiger charge is -2.20. The van der Waals surface area contributed by atoms with Gasteiger partial charge in [-0.25, -0.2) is 13.8 Å². The summed E-state index contributed by atoms with van der Waals surface area (Å²) in [6.45, 7) is 6.97. The van der Waals surface area contributed by atoms with Crippen molar-refractivity contribution in [1.29, 1.82) is 0 Å². The number of aromatic nitrogens is 3. The number of furan rings is 1. The van der Waals surface area contributed by atoms with E-state index in [2.05, 4.69) is 30.7 Å². The Morgan fingerprint density at radius 3 is 2.50 bits per heavy atom. The molecule has 1 aromatic carbocycles. The second-order valence-electron chi connectivity index (χ2n) is 8.87. The quantitative estimate of drug-likeness (QED) is 0.351. The minimum Gasteiger partial charge on any atom is -0.451 e. The topological polar surface area (TPSA) is 60.9 Å². The van der Waals surface area contributed by atoms with E-state index in [0.29, 0.717) is 23.7 Å². The molecule has 164 valence electrons. The van der Waals surface area contributed by atoms with Gasteiger partial charge < -0.3 is 8.98 Å². The zero-order valence-corrected chi connectivity index (χ0v) is 18.1. The maximum absolute atomic E-state index is 13.9. The van der Waals surface area contributed by atoms with Crippen molar-refractivity contribution in [3.8, 4) is 22.7 Å². The lowest BCUT2D eigenvalue weighted by Crippen LogP contribution is -2.15. The molecule has 0 atom stereocenters. The third-order valence-electron chi connectivity index (χ3n) is 4.92. The summed E-state index contributed by atoms with van der Waals surface area (Å²) in [5.74, 6) is -0.617. The Morgan fingerprint density at radius 1 is 1.06 bits per heavy atom. The fraction of sp³-hybridized carbons (Fsp3) is 0.240. The van der Waals surface area contributed by atoms with Gasteiger partial charge in [0.25, 0.3) is 0 Å². The van der Waals surface area contributed by atoms with Crippen molar-refractivity contribution in [2.24, 2.45) is 5.41 Å². The van der Waals surface area contributed by atoms with E-state index in [1.807, 2.05) is 4.57 Å². The number of benzene rings is 1. The number of Topliss-reactive ketones (excluding diaryl/α,β-unsaturated/α-hetero) is 1. The molecular formula is C25H23F2N3O2. The Bertz CT molecular complexity index is 1250. The van der Waals surface area contributed by atoms with Gasteiger partial charge in [0.2, 0.25) is 5.78 Å². The smallest absolute Gasteiger partial charge is 0.202 e. The van der Waals surface area contributed by atoms with Crippen molar-refractivity contribution in [3.63, 3.8) is 0 Å². The standard InChI is InChI=1S/C25H23F2N3O2/c1-25(2,3)14-30-15-29-23(16-4-6-18(26)7-5-16)24(30)22-9-8-21(32-22)20(31)12-17-10-11-28-13-19(17)27/h4-11,13,15H,12,14H2,1-3H3. The molecule has 0 N–H and O–H groups in total. The van der Waals surface area contributed by atoms with Gasteiger partial charge in [-0.15, -0.1) is 0 Å². The van der Waals surface area contributed by atoms with Crippen LogP contribution >= 0.6 is 0 Å². The Balaban J connectivity index is 1.71. The summed E-state index contributed by atoms with van der Waals surface area (Å²) in [7, 11) is 0. The molecule has 4 aromatic rings. The lowest BCUT2D eigenvalue weighted by molar-refractivity contribution is 0.0966. The molecule has 0 fully saturated rings. The second kappa shape index (κ2) is 8.49. The highest BCUT2D eigenvalue weighted by Crippen LogP contribution is 2.34. The van der Waals surface area contributed by atoms with Crippen molar-refractivity contribution in [2.45, 2.75) is 33.7 Å². The first kappa shape index (κ1) is 21.6. The fourth-order valence-electron chi connectivity index (χ4n) is 3.51. The third-order valence-corrected chi connectivity index (χ3v) is 4.92.